The molecular formula is C13H20N2O2. The second-order valence-corrected chi connectivity index (χ2v) is 4.73. The average Bonchev–Trinajstić information content (AvgIpc) is 2.89. The van der Waals surface area contributed by atoms with E-state index >= 15 is 0 Å². The summed E-state index contributed by atoms with van der Waals surface area (Å²) in [5.41, 5.74) is 0.662. The van der Waals surface area contributed by atoms with Crippen molar-refractivity contribution in [3.05, 3.63) is 18.1 Å². The monoisotopic (exact) mass is 236 g/mol. The first-order valence-electron chi connectivity index (χ1n) is 6.33. The van der Waals surface area contributed by atoms with Gasteiger partial charge in [-0.3, -0.25) is 0 Å². The van der Waals surface area contributed by atoms with E-state index in [0.29, 0.717) is 11.6 Å². The minimum Gasteiger partial charge on any atom is -0.481 e. The van der Waals surface area contributed by atoms with Gasteiger partial charge in [0.2, 0.25) is 5.88 Å². The van der Waals surface area contributed by atoms with E-state index in [1.807, 2.05) is 0 Å². The Morgan fingerprint density at radius 2 is 2.18 bits per heavy atom. The summed E-state index contributed by atoms with van der Waals surface area (Å²) in [5.74, 6) is 1.31. The Bertz CT molecular complexity index is 351. The Labute approximate surface area is 102 Å². The zero-order valence-corrected chi connectivity index (χ0v) is 10.3. The van der Waals surface area contributed by atoms with Crippen LogP contribution in [0.15, 0.2) is 12.4 Å². The van der Waals surface area contributed by atoms with E-state index in [9.17, 15) is 5.11 Å². The van der Waals surface area contributed by atoms with Gasteiger partial charge < -0.3 is 9.84 Å². The number of nitrogens with zero attached hydrogens (tertiary/aromatic N) is 2. The second kappa shape index (κ2) is 5.96. The Balaban J connectivity index is 1.87. The maximum atomic E-state index is 10.1. The zero-order chi connectivity index (χ0) is 12.1. The molecule has 1 aliphatic rings. The molecule has 0 aliphatic heterocycles. The summed E-state index contributed by atoms with van der Waals surface area (Å²) in [6.45, 7) is 0. The molecule has 1 aliphatic carbocycles. The highest BCUT2D eigenvalue weighted by atomic mass is 16.5. The number of hydrogen-bond acceptors (Lipinski definition) is 4. The zero-order valence-electron chi connectivity index (χ0n) is 10.3. The molecule has 4 heteroatoms. The van der Waals surface area contributed by atoms with Crippen LogP contribution >= 0.6 is 0 Å². The highest BCUT2D eigenvalue weighted by Gasteiger charge is 2.18. The van der Waals surface area contributed by atoms with Crippen molar-refractivity contribution >= 4 is 0 Å². The molecule has 1 saturated carbocycles. The van der Waals surface area contributed by atoms with E-state index in [1.165, 1.54) is 32.0 Å². The van der Waals surface area contributed by atoms with Gasteiger partial charge in [0.1, 0.15) is 6.33 Å². The van der Waals surface area contributed by atoms with Gasteiger partial charge in [-0.1, -0.05) is 25.7 Å². The third-order valence-corrected chi connectivity index (χ3v) is 3.54. The van der Waals surface area contributed by atoms with Crippen LogP contribution in [0.2, 0.25) is 0 Å². The molecule has 1 atom stereocenters. The van der Waals surface area contributed by atoms with E-state index in [-0.39, 0.29) is 0 Å². The second-order valence-electron chi connectivity index (χ2n) is 4.73. The van der Waals surface area contributed by atoms with Crippen molar-refractivity contribution in [3.8, 4) is 5.88 Å². The number of aliphatic hydroxyl groups is 1. The lowest BCUT2D eigenvalue weighted by Gasteiger charge is -2.13. The standard InChI is InChI=1S/C13H20N2O2/c1-17-13-8-11(14-9-15-13)12(16)7-6-10-4-2-3-5-10/h8-10,12,16H,2-7H2,1H3. The van der Waals surface area contributed by atoms with Crippen molar-refractivity contribution in [2.75, 3.05) is 7.11 Å². The summed E-state index contributed by atoms with van der Waals surface area (Å²) in [4.78, 5) is 8.02. The van der Waals surface area contributed by atoms with Gasteiger partial charge in [0.15, 0.2) is 0 Å². The normalized spacial score (nSPS) is 18.2. The van der Waals surface area contributed by atoms with Crippen molar-refractivity contribution in [1.29, 1.82) is 0 Å². The Hall–Kier alpha value is -1.16. The largest absolute Gasteiger partial charge is 0.481 e. The molecule has 17 heavy (non-hydrogen) atoms. The summed E-state index contributed by atoms with van der Waals surface area (Å²) in [7, 11) is 1.57. The molecule has 0 radical (unpaired) electrons. The van der Waals surface area contributed by atoms with Gasteiger partial charge in [0.05, 0.1) is 18.9 Å². The predicted octanol–water partition coefficient (Wildman–Crippen LogP) is 2.49. The SMILES string of the molecule is COc1cc(C(O)CCC2CCCC2)ncn1. The molecule has 0 bridgehead atoms. The lowest BCUT2D eigenvalue weighted by atomic mass is 9.98. The highest BCUT2D eigenvalue weighted by molar-refractivity contribution is 5.15. The summed E-state index contributed by atoms with van der Waals surface area (Å²) >= 11 is 0. The van der Waals surface area contributed by atoms with Crippen molar-refractivity contribution < 1.29 is 9.84 Å². The fourth-order valence-corrected chi connectivity index (χ4v) is 2.49. The topological polar surface area (TPSA) is 55.2 Å². The van der Waals surface area contributed by atoms with Crippen LogP contribution < -0.4 is 4.74 Å². The molecule has 4 nitrogen and oxygen atoms in total. The maximum absolute atomic E-state index is 10.1. The van der Waals surface area contributed by atoms with Crippen LogP contribution in [0.4, 0.5) is 0 Å². The molecule has 0 saturated heterocycles. The molecule has 1 aromatic rings. The number of methoxy groups -OCH3 is 1. The molecule has 0 amide bonds. The summed E-state index contributed by atoms with van der Waals surface area (Å²) in [6, 6.07) is 1.71. The summed E-state index contributed by atoms with van der Waals surface area (Å²) < 4.78 is 5.02. The molecule has 1 N–H and O–H groups in total. The van der Waals surface area contributed by atoms with Gasteiger partial charge in [-0.15, -0.1) is 0 Å². The average molecular weight is 236 g/mol. The molecule has 1 heterocycles. The lowest BCUT2D eigenvalue weighted by Crippen LogP contribution is -2.04. The van der Waals surface area contributed by atoms with Crippen LogP contribution in [0.1, 0.15) is 50.3 Å². The van der Waals surface area contributed by atoms with Crippen molar-refractivity contribution in [1.82, 2.24) is 9.97 Å². The molecule has 1 unspecified atom stereocenters. The van der Waals surface area contributed by atoms with E-state index < -0.39 is 6.10 Å². The summed E-state index contributed by atoms with van der Waals surface area (Å²) in [5, 5.41) is 10.1. The van der Waals surface area contributed by atoms with Crippen molar-refractivity contribution in [2.45, 2.75) is 44.6 Å². The van der Waals surface area contributed by atoms with Gasteiger partial charge in [0.25, 0.3) is 0 Å². The van der Waals surface area contributed by atoms with Crippen molar-refractivity contribution in [2.24, 2.45) is 5.92 Å². The van der Waals surface area contributed by atoms with Crippen molar-refractivity contribution in [3.63, 3.8) is 0 Å². The highest BCUT2D eigenvalue weighted by Crippen LogP contribution is 2.31. The van der Waals surface area contributed by atoms with E-state index in [2.05, 4.69) is 9.97 Å². The Morgan fingerprint density at radius 1 is 1.41 bits per heavy atom. The fourth-order valence-electron chi connectivity index (χ4n) is 2.49. The molecule has 1 aromatic heterocycles. The first-order valence-corrected chi connectivity index (χ1v) is 6.33. The van der Waals surface area contributed by atoms with Gasteiger partial charge >= 0.3 is 0 Å². The molecule has 2 rings (SSSR count). The van der Waals surface area contributed by atoms with Gasteiger partial charge in [-0.2, -0.15) is 0 Å². The molecule has 94 valence electrons. The number of ether oxygens (including phenoxy) is 1. The van der Waals surface area contributed by atoms with Crippen LogP contribution in [-0.2, 0) is 0 Å². The number of aliphatic hydroxyl groups excluding tert-OH is 1. The lowest BCUT2D eigenvalue weighted by molar-refractivity contribution is 0.152. The minimum absolute atomic E-state index is 0.493. The molecule has 0 aromatic carbocycles. The smallest absolute Gasteiger partial charge is 0.216 e. The first kappa shape index (κ1) is 12.3. The fraction of sp³-hybridized carbons (Fsp3) is 0.692. The summed E-state index contributed by atoms with van der Waals surface area (Å²) in [6.07, 6.45) is 8.15. The van der Waals surface area contributed by atoms with E-state index in [1.54, 1.807) is 13.2 Å². The van der Waals surface area contributed by atoms with E-state index in [0.717, 1.165) is 18.8 Å². The van der Waals surface area contributed by atoms with Gasteiger partial charge in [-0.05, 0) is 18.8 Å². The molecular weight excluding hydrogens is 216 g/mol. The Kier molecular flexibility index (Phi) is 4.31. The van der Waals surface area contributed by atoms with Crippen LogP contribution in [0.3, 0.4) is 0 Å². The first-order chi connectivity index (χ1) is 8.29. The molecule has 1 fully saturated rings. The third-order valence-electron chi connectivity index (χ3n) is 3.54. The van der Waals surface area contributed by atoms with Gasteiger partial charge in [-0.25, -0.2) is 9.97 Å². The number of rotatable bonds is 5. The number of aromatic nitrogens is 2. The maximum Gasteiger partial charge on any atom is 0.216 e. The van der Waals surface area contributed by atoms with Crippen LogP contribution in [0, 0.1) is 5.92 Å². The van der Waals surface area contributed by atoms with Gasteiger partial charge in [0, 0.05) is 6.07 Å². The number of hydrogen-bond donors (Lipinski definition) is 1. The third kappa shape index (κ3) is 3.40. The van der Waals surface area contributed by atoms with Crippen LogP contribution in [0.25, 0.3) is 0 Å². The van der Waals surface area contributed by atoms with Crippen LogP contribution in [-0.4, -0.2) is 22.2 Å². The predicted molar refractivity (Wildman–Crippen MR) is 64.7 cm³/mol. The van der Waals surface area contributed by atoms with Crippen LogP contribution in [0.5, 0.6) is 5.88 Å². The quantitative estimate of drug-likeness (QED) is 0.853. The van der Waals surface area contributed by atoms with E-state index in [4.69, 9.17) is 4.74 Å². The minimum atomic E-state index is -0.493. The Morgan fingerprint density at radius 3 is 2.88 bits per heavy atom. The molecule has 0 spiro atoms.